The van der Waals surface area contributed by atoms with Crippen LogP contribution >= 0.6 is 0 Å². The Morgan fingerprint density at radius 1 is 1.15 bits per heavy atom. The highest BCUT2D eigenvalue weighted by Crippen LogP contribution is 2.30. The second-order valence-corrected chi connectivity index (χ2v) is 8.26. The number of benzene rings is 1. The van der Waals surface area contributed by atoms with Crippen molar-refractivity contribution in [3.8, 4) is 0 Å². The summed E-state index contributed by atoms with van der Waals surface area (Å²) < 4.78 is 0. The number of nitrogens with zero attached hydrogens (tertiary/aromatic N) is 1. The number of hydrogen-bond donors (Lipinski definition) is 1. The van der Waals surface area contributed by atoms with Crippen LogP contribution in [0.5, 0.6) is 0 Å². The van der Waals surface area contributed by atoms with E-state index in [1.807, 2.05) is 32.2 Å². The lowest BCUT2D eigenvalue weighted by Gasteiger charge is -2.31. The molecule has 4 nitrogen and oxygen atoms in total. The Labute approximate surface area is 163 Å². The molecule has 0 unspecified atom stereocenters. The molecular formula is C23H32N2O2. The maximum atomic E-state index is 12.8. The van der Waals surface area contributed by atoms with Gasteiger partial charge in [0, 0.05) is 48.8 Å². The minimum Gasteiger partial charge on any atom is -0.350 e. The SMILES string of the molecule is CCN1C=C(C(=O)NC2CCC(CC(=O)C(C)C)CC2)Cc2ccccc21. The molecule has 3 rings (SSSR count). The standard InChI is InChI=1S/C23H32N2O2/c1-4-25-15-19(14-18-7-5-6-8-21(18)25)23(27)24-20-11-9-17(10-12-20)13-22(26)16(2)3/h5-8,15-17,20H,4,9-14H2,1-3H3,(H,24,27). The summed E-state index contributed by atoms with van der Waals surface area (Å²) in [5.74, 6) is 1.05. The zero-order valence-electron chi connectivity index (χ0n) is 16.8. The first-order chi connectivity index (χ1) is 13.0. The lowest BCUT2D eigenvalue weighted by atomic mass is 9.81. The molecule has 1 saturated carbocycles. The van der Waals surface area contributed by atoms with Gasteiger partial charge >= 0.3 is 0 Å². The summed E-state index contributed by atoms with van der Waals surface area (Å²) in [6.07, 6.45) is 7.41. The highest BCUT2D eigenvalue weighted by atomic mass is 16.1. The molecule has 2 aliphatic rings. The molecule has 27 heavy (non-hydrogen) atoms. The number of hydrogen-bond acceptors (Lipinski definition) is 3. The van der Waals surface area contributed by atoms with Gasteiger partial charge in [-0.2, -0.15) is 0 Å². The Morgan fingerprint density at radius 2 is 1.85 bits per heavy atom. The van der Waals surface area contributed by atoms with Gasteiger partial charge < -0.3 is 10.2 Å². The van der Waals surface area contributed by atoms with E-state index in [9.17, 15) is 9.59 Å². The first-order valence-electron chi connectivity index (χ1n) is 10.4. The lowest BCUT2D eigenvalue weighted by Crippen LogP contribution is -2.40. The fourth-order valence-corrected chi connectivity index (χ4v) is 4.16. The molecule has 1 fully saturated rings. The van der Waals surface area contributed by atoms with Crippen LogP contribution in [0.25, 0.3) is 0 Å². The summed E-state index contributed by atoms with van der Waals surface area (Å²) in [5, 5.41) is 3.24. The van der Waals surface area contributed by atoms with Gasteiger partial charge in [-0.15, -0.1) is 0 Å². The number of amides is 1. The van der Waals surface area contributed by atoms with Crippen molar-refractivity contribution in [2.75, 3.05) is 11.4 Å². The van der Waals surface area contributed by atoms with Gasteiger partial charge in [-0.3, -0.25) is 9.59 Å². The predicted octanol–water partition coefficient (Wildman–Crippen LogP) is 4.24. The van der Waals surface area contributed by atoms with Gasteiger partial charge in [0.05, 0.1) is 0 Å². The Morgan fingerprint density at radius 3 is 2.52 bits per heavy atom. The minimum atomic E-state index is 0.0599. The molecule has 1 amide bonds. The van der Waals surface area contributed by atoms with E-state index in [2.05, 4.69) is 29.3 Å². The Bertz CT molecular complexity index is 715. The highest BCUT2D eigenvalue weighted by Gasteiger charge is 2.27. The van der Waals surface area contributed by atoms with Gasteiger partial charge in [0.25, 0.3) is 0 Å². The second-order valence-electron chi connectivity index (χ2n) is 8.26. The van der Waals surface area contributed by atoms with E-state index in [4.69, 9.17) is 0 Å². The number of Topliss-reactive ketones (excluding diaryl/α,β-unsaturated/α-hetero) is 1. The highest BCUT2D eigenvalue weighted by molar-refractivity contribution is 5.95. The number of para-hydroxylation sites is 1. The Hall–Kier alpha value is -2.10. The van der Waals surface area contributed by atoms with E-state index in [0.717, 1.165) is 37.8 Å². The largest absolute Gasteiger partial charge is 0.350 e. The molecule has 1 N–H and O–H groups in total. The molecule has 1 aliphatic heterocycles. The predicted molar refractivity (Wildman–Crippen MR) is 110 cm³/mol. The van der Waals surface area contributed by atoms with E-state index in [1.54, 1.807) is 0 Å². The van der Waals surface area contributed by atoms with Gasteiger partial charge in [0.2, 0.25) is 5.91 Å². The van der Waals surface area contributed by atoms with Gasteiger partial charge in [0.15, 0.2) is 0 Å². The minimum absolute atomic E-state index is 0.0599. The average Bonchev–Trinajstić information content (AvgIpc) is 2.68. The van der Waals surface area contributed by atoms with Gasteiger partial charge in [0.1, 0.15) is 5.78 Å². The zero-order chi connectivity index (χ0) is 19.4. The number of anilines is 1. The van der Waals surface area contributed by atoms with Crippen LogP contribution < -0.4 is 10.2 Å². The molecular weight excluding hydrogens is 336 g/mol. The van der Waals surface area contributed by atoms with Crippen molar-refractivity contribution in [2.24, 2.45) is 11.8 Å². The van der Waals surface area contributed by atoms with Crippen molar-refractivity contribution in [3.63, 3.8) is 0 Å². The molecule has 4 heteroatoms. The quantitative estimate of drug-likeness (QED) is 0.817. The first kappa shape index (κ1) is 19.7. The van der Waals surface area contributed by atoms with Crippen molar-refractivity contribution in [1.29, 1.82) is 0 Å². The molecule has 0 bridgehead atoms. The second kappa shape index (κ2) is 8.73. The van der Waals surface area contributed by atoms with Gasteiger partial charge in [-0.05, 0) is 50.2 Å². The average molecular weight is 369 g/mol. The number of carbonyl (C=O) groups excluding carboxylic acids is 2. The maximum absolute atomic E-state index is 12.8. The number of rotatable bonds is 6. The summed E-state index contributed by atoms with van der Waals surface area (Å²) in [4.78, 5) is 26.9. The van der Waals surface area contributed by atoms with Crippen molar-refractivity contribution in [3.05, 3.63) is 41.6 Å². The normalized spacial score (nSPS) is 22.2. The molecule has 0 saturated heterocycles. The third kappa shape index (κ3) is 4.79. The third-order valence-corrected chi connectivity index (χ3v) is 5.94. The van der Waals surface area contributed by atoms with Crippen molar-refractivity contribution in [1.82, 2.24) is 5.32 Å². The summed E-state index contributed by atoms with van der Waals surface area (Å²) >= 11 is 0. The van der Waals surface area contributed by atoms with E-state index >= 15 is 0 Å². The Balaban J connectivity index is 1.54. The van der Waals surface area contributed by atoms with Crippen LogP contribution in [0.2, 0.25) is 0 Å². The fraction of sp³-hybridized carbons (Fsp3) is 0.565. The van der Waals surface area contributed by atoms with Crippen LogP contribution in [0.3, 0.4) is 0 Å². The zero-order valence-corrected chi connectivity index (χ0v) is 16.8. The van der Waals surface area contributed by atoms with Crippen molar-refractivity contribution >= 4 is 17.4 Å². The Kier molecular flexibility index (Phi) is 6.35. The van der Waals surface area contributed by atoms with Gasteiger partial charge in [-0.1, -0.05) is 32.0 Å². The van der Waals surface area contributed by atoms with Crippen LogP contribution in [0, 0.1) is 11.8 Å². The van der Waals surface area contributed by atoms with Gasteiger partial charge in [-0.25, -0.2) is 0 Å². The van der Waals surface area contributed by atoms with E-state index < -0.39 is 0 Å². The molecule has 0 radical (unpaired) electrons. The van der Waals surface area contributed by atoms with Crippen molar-refractivity contribution in [2.45, 2.75) is 65.3 Å². The third-order valence-electron chi connectivity index (χ3n) is 5.94. The van der Waals surface area contributed by atoms with Crippen LogP contribution in [-0.4, -0.2) is 24.3 Å². The van der Waals surface area contributed by atoms with E-state index in [-0.39, 0.29) is 17.9 Å². The first-order valence-corrected chi connectivity index (χ1v) is 10.4. The summed E-state index contributed by atoms with van der Waals surface area (Å²) in [6.45, 7) is 6.91. The summed E-state index contributed by atoms with van der Waals surface area (Å²) in [7, 11) is 0. The molecule has 0 aromatic heterocycles. The molecule has 146 valence electrons. The molecule has 1 aromatic carbocycles. The topological polar surface area (TPSA) is 49.4 Å². The molecule has 0 spiro atoms. The maximum Gasteiger partial charge on any atom is 0.249 e. The van der Waals surface area contributed by atoms with Crippen LogP contribution in [0.1, 0.15) is 58.4 Å². The fourth-order valence-electron chi connectivity index (χ4n) is 4.16. The molecule has 1 heterocycles. The smallest absolute Gasteiger partial charge is 0.249 e. The molecule has 1 aromatic rings. The molecule has 0 atom stereocenters. The van der Waals surface area contributed by atoms with Crippen LogP contribution in [0.4, 0.5) is 5.69 Å². The number of ketones is 1. The number of carbonyl (C=O) groups is 2. The lowest BCUT2D eigenvalue weighted by molar-refractivity contribution is -0.123. The van der Waals surface area contributed by atoms with Crippen LogP contribution in [0.15, 0.2) is 36.0 Å². The number of fused-ring (bicyclic) bond motifs is 1. The van der Waals surface area contributed by atoms with Crippen molar-refractivity contribution < 1.29 is 9.59 Å². The summed E-state index contributed by atoms with van der Waals surface area (Å²) in [6, 6.07) is 8.53. The van der Waals surface area contributed by atoms with Crippen LogP contribution in [-0.2, 0) is 16.0 Å². The molecule has 1 aliphatic carbocycles. The monoisotopic (exact) mass is 368 g/mol. The van der Waals surface area contributed by atoms with E-state index in [0.29, 0.717) is 24.5 Å². The van der Waals surface area contributed by atoms with E-state index in [1.165, 1.54) is 11.3 Å². The number of nitrogens with one attached hydrogen (secondary N) is 1. The summed E-state index contributed by atoms with van der Waals surface area (Å²) in [5.41, 5.74) is 3.25.